The number of benzene rings is 2. The quantitative estimate of drug-likeness (QED) is 0.859. The van der Waals surface area contributed by atoms with Crippen LogP contribution in [-0.4, -0.2) is 10.2 Å². The van der Waals surface area contributed by atoms with Crippen molar-refractivity contribution in [1.29, 1.82) is 0 Å². The third kappa shape index (κ3) is 3.81. The molecular formula is C16H20O2. The SMILES string of the molecule is CC.Oc1ccccc1CCc1ccccc1O. The maximum Gasteiger partial charge on any atom is 0.118 e. The molecule has 0 amide bonds. The Morgan fingerprint density at radius 3 is 1.33 bits per heavy atom. The Bertz CT molecular complexity index is 433. The predicted octanol–water partition coefficient (Wildman–Crippen LogP) is 3.91. The zero-order valence-electron chi connectivity index (χ0n) is 10.9. The summed E-state index contributed by atoms with van der Waals surface area (Å²) in [7, 11) is 0. The van der Waals surface area contributed by atoms with Crippen LogP contribution < -0.4 is 0 Å². The van der Waals surface area contributed by atoms with Gasteiger partial charge in [-0.1, -0.05) is 50.2 Å². The van der Waals surface area contributed by atoms with Gasteiger partial charge in [-0.05, 0) is 36.1 Å². The number of aromatic hydroxyl groups is 2. The van der Waals surface area contributed by atoms with Crippen LogP contribution in [0.15, 0.2) is 48.5 Å². The fraction of sp³-hybridized carbons (Fsp3) is 0.250. The normalized spacial score (nSPS) is 9.44. The highest BCUT2D eigenvalue weighted by Crippen LogP contribution is 2.21. The van der Waals surface area contributed by atoms with Gasteiger partial charge in [0.2, 0.25) is 0 Å². The molecule has 0 radical (unpaired) electrons. The van der Waals surface area contributed by atoms with E-state index >= 15 is 0 Å². The van der Waals surface area contributed by atoms with E-state index in [-0.39, 0.29) is 0 Å². The van der Waals surface area contributed by atoms with Crippen LogP contribution in [0.5, 0.6) is 11.5 Å². The molecule has 96 valence electrons. The van der Waals surface area contributed by atoms with Crippen LogP contribution in [0.3, 0.4) is 0 Å². The Morgan fingerprint density at radius 2 is 1.00 bits per heavy atom. The number of phenols is 2. The van der Waals surface area contributed by atoms with Crippen molar-refractivity contribution in [3.63, 3.8) is 0 Å². The van der Waals surface area contributed by atoms with E-state index in [1.165, 1.54) is 0 Å². The van der Waals surface area contributed by atoms with Crippen molar-refractivity contribution >= 4 is 0 Å². The number of hydrogen-bond donors (Lipinski definition) is 2. The summed E-state index contributed by atoms with van der Waals surface area (Å²) in [5.74, 6) is 0.635. The van der Waals surface area contributed by atoms with E-state index in [4.69, 9.17) is 0 Å². The summed E-state index contributed by atoms with van der Waals surface area (Å²) in [5.41, 5.74) is 1.82. The largest absolute Gasteiger partial charge is 0.508 e. The maximum absolute atomic E-state index is 9.60. The minimum absolute atomic E-state index is 0.318. The smallest absolute Gasteiger partial charge is 0.118 e. The minimum atomic E-state index is 0.318. The van der Waals surface area contributed by atoms with Gasteiger partial charge in [0.05, 0.1) is 0 Å². The van der Waals surface area contributed by atoms with E-state index in [1.807, 2.05) is 38.1 Å². The van der Waals surface area contributed by atoms with Gasteiger partial charge in [-0.25, -0.2) is 0 Å². The molecule has 2 heteroatoms. The second kappa shape index (κ2) is 7.38. The molecule has 0 spiro atoms. The molecule has 0 aromatic heterocycles. The second-order valence-corrected chi connectivity index (χ2v) is 3.76. The second-order valence-electron chi connectivity index (χ2n) is 3.76. The van der Waals surface area contributed by atoms with Crippen molar-refractivity contribution < 1.29 is 10.2 Å². The lowest BCUT2D eigenvalue weighted by Crippen LogP contribution is -1.92. The number of aryl methyl sites for hydroxylation is 2. The Balaban J connectivity index is 0.000000771. The number of para-hydroxylation sites is 2. The maximum atomic E-state index is 9.60. The standard InChI is InChI=1S/C14H14O2.C2H6/c15-13-7-3-1-5-11(13)9-10-12-6-2-4-8-14(12)16;1-2/h1-8,15-16H,9-10H2;1-2H3. The van der Waals surface area contributed by atoms with E-state index in [1.54, 1.807) is 24.3 Å². The lowest BCUT2D eigenvalue weighted by atomic mass is 10.0. The zero-order chi connectivity index (χ0) is 13.4. The molecule has 2 aromatic carbocycles. The van der Waals surface area contributed by atoms with Gasteiger partial charge in [0.25, 0.3) is 0 Å². The summed E-state index contributed by atoms with van der Waals surface area (Å²) in [4.78, 5) is 0. The molecular weight excluding hydrogens is 224 g/mol. The highest BCUT2D eigenvalue weighted by atomic mass is 16.3. The molecule has 0 atom stereocenters. The van der Waals surface area contributed by atoms with Crippen LogP contribution in [0.2, 0.25) is 0 Å². The first-order chi connectivity index (χ1) is 8.77. The van der Waals surface area contributed by atoms with Crippen LogP contribution >= 0.6 is 0 Å². The molecule has 2 rings (SSSR count). The molecule has 0 aliphatic carbocycles. The van der Waals surface area contributed by atoms with Gasteiger partial charge in [0.15, 0.2) is 0 Å². The Labute approximate surface area is 109 Å². The van der Waals surface area contributed by atoms with Crippen LogP contribution in [0.4, 0.5) is 0 Å². The summed E-state index contributed by atoms with van der Waals surface area (Å²) in [6.07, 6.45) is 1.45. The summed E-state index contributed by atoms with van der Waals surface area (Å²) in [6, 6.07) is 14.6. The molecule has 2 N–H and O–H groups in total. The summed E-state index contributed by atoms with van der Waals surface area (Å²) < 4.78 is 0. The first-order valence-corrected chi connectivity index (χ1v) is 6.31. The van der Waals surface area contributed by atoms with Gasteiger partial charge in [0.1, 0.15) is 11.5 Å². The van der Waals surface area contributed by atoms with E-state index in [0.717, 1.165) is 24.0 Å². The van der Waals surface area contributed by atoms with Crippen molar-refractivity contribution in [2.75, 3.05) is 0 Å². The molecule has 0 heterocycles. The summed E-state index contributed by atoms with van der Waals surface area (Å²) >= 11 is 0. The molecule has 2 nitrogen and oxygen atoms in total. The van der Waals surface area contributed by atoms with Crippen molar-refractivity contribution in [1.82, 2.24) is 0 Å². The van der Waals surface area contributed by atoms with E-state index < -0.39 is 0 Å². The number of phenolic OH excluding ortho intramolecular Hbond substituents is 2. The Kier molecular flexibility index (Phi) is 5.78. The van der Waals surface area contributed by atoms with E-state index in [9.17, 15) is 10.2 Å². The molecule has 0 saturated carbocycles. The van der Waals surface area contributed by atoms with E-state index in [0.29, 0.717) is 11.5 Å². The monoisotopic (exact) mass is 244 g/mol. The summed E-state index contributed by atoms with van der Waals surface area (Å²) in [6.45, 7) is 4.00. The lowest BCUT2D eigenvalue weighted by Gasteiger charge is -2.05. The fourth-order valence-corrected chi connectivity index (χ4v) is 1.71. The van der Waals surface area contributed by atoms with Gasteiger partial charge in [-0.3, -0.25) is 0 Å². The molecule has 0 unspecified atom stereocenters. The van der Waals surface area contributed by atoms with Crippen molar-refractivity contribution in [2.45, 2.75) is 26.7 Å². The van der Waals surface area contributed by atoms with Gasteiger partial charge < -0.3 is 10.2 Å². The topological polar surface area (TPSA) is 40.5 Å². The van der Waals surface area contributed by atoms with Crippen molar-refractivity contribution in [3.05, 3.63) is 59.7 Å². The van der Waals surface area contributed by atoms with Crippen LogP contribution in [0.1, 0.15) is 25.0 Å². The van der Waals surface area contributed by atoms with Crippen molar-refractivity contribution in [2.24, 2.45) is 0 Å². The van der Waals surface area contributed by atoms with Crippen molar-refractivity contribution in [3.8, 4) is 11.5 Å². The Morgan fingerprint density at radius 1 is 0.667 bits per heavy atom. The highest BCUT2D eigenvalue weighted by Gasteiger charge is 2.03. The molecule has 0 aliphatic rings. The third-order valence-electron chi connectivity index (χ3n) is 2.65. The van der Waals surface area contributed by atoms with Crippen LogP contribution in [0, 0.1) is 0 Å². The first kappa shape index (κ1) is 14.1. The number of rotatable bonds is 3. The summed E-state index contributed by atoms with van der Waals surface area (Å²) in [5, 5.41) is 19.2. The number of hydrogen-bond acceptors (Lipinski definition) is 2. The molecule has 0 aliphatic heterocycles. The first-order valence-electron chi connectivity index (χ1n) is 6.31. The van der Waals surface area contributed by atoms with Crippen LogP contribution in [-0.2, 0) is 12.8 Å². The molecule has 0 fully saturated rings. The molecule has 0 saturated heterocycles. The van der Waals surface area contributed by atoms with Gasteiger partial charge >= 0.3 is 0 Å². The average molecular weight is 244 g/mol. The lowest BCUT2D eigenvalue weighted by molar-refractivity contribution is 0.462. The van der Waals surface area contributed by atoms with E-state index in [2.05, 4.69) is 0 Å². The minimum Gasteiger partial charge on any atom is -0.508 e. The average Bonchev–Trinajstić information content (AvgIpc) is 2.42. The molecule has 0 bridgehead atoms. The molecule has 18 heavy (non-hydrogen) atoms. The van der Waals surface area contributed by atoms with Gasteiger partial charge in [-0.2, -0.15) is 0 Å². The highest BCUT2D eigenvalue weighted by molar-refractivity contribution is 5.35. The van der Waals surface area contributed by atoms with Gasteiger partial charge in [-0.15, -0.1) is 0 Å². The predicted molar refractivity (Wildman–Crippen MR) is 75.0 cm³/mol. The molecule has 2 aromatic rings. The Hall–Kier alpha value is -1.96. The van der Waals surface area contributed by atoms with Crippen LogP contribution in [0.25, 0.3) is 0 Å². The zero-order valence-corrected chi connectivity index (χ0v) is 10.9. The fourth-order valence-electron chi connectivity index (χ4n) is 1.71. The van der Waals surface area contributed by atoms with Gasteiger partial charge in [0, 0.05) is 0 Å². The third-order valence-corrected chi connectivity index (χ3v) is 2.65.